The summed E-state index contributed by atoms with van der Waals surface area (Å²) in [5.74, 6) is 0.718. The zero-order valence-corrected chi connectivity index (χ0v) is 12.9. The largest absolute Gasteiger partial charge is 0.311 e. The average Bonchev–Trinajstić information content (AvgIpc) is 2.76. The topological polar surface area (TPSA) is 15.3 Å². The van der Waals surface area contributed by atoms with E-state index < -0.39 is 0 Å². The minimum absolute atomic E-state index is 0.616. The van der Waals surface area contributed by atoms with E-state index in [9.17, 15) is 0 Å². The Hall–Kier alpha value is -0.380. The molecule has 102 valence electrons. The van der Waals surface area contributed by atoms with E-state index in [1.165, 1.54) is 12.1 Å². The Morgan fingerprint density at radius 1 is 1.50 bits per heavy atom. The van der Waals surface area contributed by atoms with Crippen LogP contribution in [0.5, 0.6) is 0 Å². The molecule has 0 spiro atoms. The van der Waals surface area contributed by atoms with Crippen molar-refractivity contribution in [2.45, 2.75) is 52.7 Å². The van der Waals surface area contributed by atoms with Gasteiger partial charge < -0.3 is 5.32 Å². The first-order chi connectivity index (χ1) is 8.61. The summed E-state index contributed by atoms with van der Waals surface area (Å²) >= 11 is 1.92. The van der Waals surface area contributed by atoms with E-state index in [4.69, 9.17) is 0 Å². The Morgan fingerprint density at radius 3 is 2.94 bits per heavy atom. The van der Waals surface area contributed by atoms with E-state index in [0.29, 0.717) is 12.1 Å². The Morgan fingerprint density at radius 2 is 2.28 bits per heavy atom. The van der Waals surface area contributed by atoms with Crippen molar-refractivity contribution in [1.82, 2.24) is 10.2 Å². The first-order valence-corrected chi connectivity index (χ1v) is 8.02. The van der Waals surface area contributed by atoms with Gasteiger partial charge in [-0.1, -0.05) is 20.8 Å². The molecule has 1 aliphatic heterocycles. The molecule has 1 aromatic rings. The molecular weight excluding hydrogens is 240 g/mol. The van der Waals surface area contributed by atoms with Crippen molar-refractivity contribution in [3.8, 4) is 0 Å². The third-order valence-electron chi connectivity index (χ3n) is 3.99. The fraction of sp³-hybridized carbons (Fsp3) is 0.733. The molecule has 0 radical (unpaired) electrons. The van der Waals surface area contributed by atoms with Crippen LogP contribution in [0.15, 0.2) is 11.4 Å². The lowest BCUT2D eigenvalue weighted by Crippen LogP contribution is -2.56. The van der Waals surface area contributed by atoms with Crippen molar-refractivity contribution in [1.29, 1.82) is 0 Å². The number of aryl methyl sites for hydroxylation is 1. The molecule has 1 aromatic heterocycles. The van der Waals surface area contributed by atoms with E-state index >= 15 is 0 Å². The Bertz CT molecular complexity index is 372. The van der Waals surface area contributed by atoms with Gasteiger partial charge in [0.15, 0.2) is 0 Å². The molecule has 2 atom stereocenters. The van der Waals surface area contributed by atoms with Crippen LogP contribution in [0.4, 0.5) is 0 Å². The highest BCUT2D eigenvalue weighted by Gasteiger charge is 2.28. The highest BCUT2D eigenvalue weighted by atomic mass is 32.1. The lowest BCUT2D eigenvalue weighted by molar-refractivity contribution is 0.0964. The maximum absolute atomic E-state index is 3.61. The molecule has 2 rings (SSSR count). The van der Waals surface area contributed by atoms with E-state index in [1.807, 2.05) is 11.3 Å². The number of nitrogens with one attached hydrogen (secondary N) is 1. The third-order valence-corrected chi connectivity index (χ3v) is 4.94. The molecule has 0 aromatic carbocycles. The summed E-state index contributed by atoms with van der Waals surface area (Å²) in [5, 5.41) is 5.85. The first-order valence-electron chi connectivity index (χ1n) is 7.14. The SMILES string of the molecule is CCc1ccsc1CN1CC(C)NCC1C(C)C. The summed E-state index contributed by atoms with van der Waals surface area (Å²) in [7, 11) is 0. The number of piperazine rings is 1. The fourth-order valence-corrected chi connectivity index (χ4v) is 3.85. The minimum atomic E-state index is 0.616. The van der Waals surface area contributed by atoms with Crippen LogP contribution < -0.4 is 5.32 Å². The standard InChI is InChI=1S/C15H26N2S/c1-5-13-6-7-18-15(13)10-17-9-12(4)16-8-14(17)11(2)3/h6-7,11-12,14,16H,5,8-10H2,1-4H3. The van der Waals surface area contributed by atoms with Crippen LogP contribution in [0.2, 0.25) is 0 Å². The predicted octanol–water partition coefficient (Wildman–Crippen LogP) is 3.13. The number of nitrogens with zero attached hydrogens (tertiary/aromatic N) is 1. The van der Waals surface area contributed by atoms with Crippen molar-refractivity contribution < 1.29 is 0 Å². The van der Waals surface area contributed by atoms with Gasteiger partial charge in [-0.3, -0.25) is 4.90 Å². The maximum atomic E-state index is 3.61. The molecule has 0 aliphatic carbocycles. The number of thiophene rings is 1. The lowest BCUT2D eigenvalue weighted by atomic mass is 9.98. The van der Waals surface area contributed by atoms with Crippen LogP contribution in [0.25, 0.3) is 0 Å². The van der Waals surface area contributed by atoms with Gasteiger partial charge >= 0.3 is 0 Å². The van der Waals surface area contributed by atoms with Crippen LogP contribution >= 0.6 is 11.3 Å². The van der Waals surface area contributed by atoms with Gasteiger partial charge in [0.25, 0.3) is 0 Å². The molecule has 1 N–H and O–H groups in total. The van der Waals surface area contributed by atoms with E-state index in [1.54, 1.807) is 4.88 Å². The summed E-state index contributed by atoms with van der Waals surface area (Å²) < 4.78 is 0. The molecule has 1 saturated heterocycles. The smallest absolute Gasteiger partial charge is 0.0334 e. The zero-order valence-electron chi connectivity index (χ0n) is 12.1. The van der Waals surface area contributed by atoms with Gasteiger partial charge in [0.1, 0.15) is 0 Å². The van der Waals surface area contributed by atoms with Gasteiger partial charge in [-0.15, -0.1) is 11.3 Å². The van der Waals surface area contributed by atoms with Crippen LogP contribution in [0.3, 0.4) is 0 Å². The molecule has 0 bridgehead atoms. The van der Waals surface area contributed by atoms with Crippen LogP contribution in [0, 0.1) is 5.92 Å². The van der Waals surface area contributed by atoms with Crippen molar-refractivity contribution in [2.75, 3.05) is 13.1 Å². The van der Waals surface area contributed by atoms with Gasteiger partial charge in [-0.25, -0.2) is 0 Å². The molecule has 2 nitrogen and oxygen atoms in total. The quantitative estimate of drug-likeness (QED) is 0.901. The molecule has 3 heteroatoms. The van der Waals surface area contributed by atoms with Crippen molar-refractivity contribution >= 4 is 11.3 Å². The van der Waals surface area contributed by atoms with Crippen molar-refractivity contribution in [2.24, 2.45) is 5.92 Å². The van der Waals surface area contributed by atoms with Gasteiger partial charge in [0.05, 0.1) is 0 Å². The molecule has 0 amide bonds. The van der Waals surface area contributed by atoms with Crippen molar-refractivity contribution in [3.63, 3.8) is 0 Å². The van der Waals surface area contributed by atoms with Gasteiger partial charge in [0, 0.05) is 36.6 Å². The molecule has 1 aliphatic rings. The highest BCUT2D eigenvalue weighted by molar-refractivity contribution is 7.10. The minimum Gasteiger partial charge on any atom is -0.311 e. The predicted molar refractivity (Wildman–Crippen MR) is 80.2 cm³/mol. The molecule has 1 fully saturated rings. The Balaban J connectivity index is 2.09. The van der Waals surface area contributed by atoms with Crippen LogP contribution in [-0.2, 0) is 13.0 Å². The molecular formula is C15H26N2S. The van der Waals surface area contributed by atoms with Gasteiger partial charge in [0.2, 0.25) is 0 Å². The van der Waals surface area contributed by atoms with Crippen LogP contribution in [0.1, 0.15) is 38.1 Å². The normalized spacial score (nSPS) is 25.8. The molecule has 18 heavy (non-hydrogen) atoms. The van der Waals surface area contributed by atoms with Gasteiger partial charge in [-0.05, 0) is 36.3 Å². The van der Waals surface area contributed by atoms with Crippen LogP contribution in [-0.4, -0.2) is 30.1 Å². The zero-order chi connectivity index (χ0) is 13.1. The van der Waals surface area contributed by atoms with E-state index in [0.717, 1.165) is 25.4 Å². The Kier molecular flexibility index (Phi) is 4.82. The Labute approximate surface area is 115 Å². The lowest BCUT2D eigenvalue weighted by Gasteiger charge is -2.41. The molecule has 2 unspecified atom stereocenters. The highest BCUT2D eigenvalue weighted by Crippen LogP contribution is 2.23. The second-order valence-electron chi connectivity index (χ2n) is 5.77. The van der Waals surface area contributed by atoms with Crippen molar-refractivity contribution in [3.05, 3.63) is 21.9 Å². The number of hydrogen-bond donors (Lipinski definition) is 1. The second-order valence-corrected chi connectivity index (χ2v) is 6.77. The maximum Gasteiger partial charge on any atom is 0.0334 e. The summed E-state index contributed by atoms with van der Waals surface area (Å²) in [5.41, 5.74) is 1.54. The summed E-state index contributed by atoms with van der Waals surface area (Å²) in [4.78, 5) is 4.24. The number of hydrogen-bond acceptors (Lipinski definition) is 3. The van der Waals surface area contributed by atoms with E-state index in [-0.39, 0.29) is 0 Å². The third kappa shape index (κ3) is 3.14. The summed E-state index contributed by atoms with van der Waals surface area (Å²) in [6, 6.07) is 3.58. The second kappa shape index (κ2) is 6.18. The first kappa shape index (κ1) is 14.0. The van der Waals surface area contributed by atoms with E-state index in [2.05, 4.69) is 49.4 Å². The monoisotopic (exact) mass is 266 g/mol. The fourth-order valence-electron chi connectivity index (χ4n) is 2.85. The summed E-state index contributed by atoms with van der Waals surface area (Å²) in [6.07, 6.45) is 1.16. The molecule has 0 saturated carbocycles. The number of rotatable bonds is 4. The average molecular weight is 266 g/mol. The molecule has 2 heterocycles. The summed E-state index contributed by atoms with van der Waals surface area (Å²) in [6.45, 7) is 12.7. The van der Waals surface area contributed by atoms with Gasteiger partial charge in [-0.2, -0.15) is 0 Å².